The number of nitrogens with zero attached hydrogens (tertiary/aromatic N) is 4. The Morgan fingerprint density at radius 2 is 2.32 bits per heavy atom. The number of imidazole rings is 1. The Kier molecular flexibility index (Phi) is 2.79. The van der Waals surface area contributed by atoms with Crippen molar-refractivity contribution in [3.8, 4) is 0 Å². The van der Waals surface area contributed by atoms with E-state index in [-0.39, 0.29) is 6.10 Å². The molecule has 2 aromatic rings. The molecule has 0 saturated carbocycles. The molecule has 1 saturated heterocycles. The van der Waals surface area contributed by atoms with Gasteiger partial charge in [0.1, 0.15) is 11.8 Å². The number of hydrogen-bond donors (Lipinski definition) is 2. The highest BCUT2D eigenvalue weighted by Gasteiger charge is 2.30. The van der Waals surface area contributed by atoms with Crippen molar-refractivity contribution >= 4 is 23.0 Å². The van der Waals surface area contributed by atoms with Gasteiger partial charge < -0.3 is 20.1 Å². The van der Waals surface area contributed by atoms with Crippen molar-refractivity contribution in [2.24, 2.45) is 0 Å². The second-order valence-corrected chi connectivity index (χ2v) is 4.49. The molecule has 8 heteroatoms. The van der Waals surface area contributed by atoms with Crippen LogP contribution in [0.25, 0.3) is 11.2 Å². The number of carbonyl (C=O) groups is 1. The summed E-state index contributed by atoms with van der Waals surface area (Å²) in [6, 6.07) is 0. The molecule has 2 aromatic heterocycles. The first-order valence-electron chi connectivity index (χ1n) is 5.94. The SMILES string of the molecule is Nc1ncnc2c1ncn2C[C@@H]1CC[C@H](C(=O)O)O1. The molecule has 8 nitrogen and oxygen atoms in total. The molecule has 0 bridgehead atoms. The molecule has 0 amide bonds. The van der Waals surface area contributed by atoms with Crippen LogP contribution in [0, 0.1) is 0 Å². The van der Waals surface area contributed by atoms with Gasteiger partial charge in [0.2, 0.25) is 0 Å². The molecular formula is C11H13N5O3. The summed E-state index contributed by atoms with van der Waals surface area (Å²) < 4.78 is 7.26. The fraction of sp³-hybridized carbons (Fsp3) is 0.455. The van der Waals surface area contributed by atoms with E-state index in [9.17, 15) is 4.79 Å². The van der Waals surface area contributed by atoms with Crippen molar-refractivity contribution in [1.82, 2.24) is 19.5 Å². The normalized spacial score (nSPS) is 22.9. The fourth-order valence-corrected chi connectivity index (χ4v) is 2.27. The standard InChI is InChI=1S/C11H13N5O3/c12-9-8-10(14-4-13-9)16(5-15-8)3-6-1-2-7(19-6)11(17)18/h4-7H,1-3H2,(H,17,18)(H2,12,13,14)/t6-,7+/m0/s1. The third kappa shape index (κ3) is 2.10. The monoisotopic (exact) mass is 263 g/mol. The molecule has 3 heterocycles. The van der Waals surface area contributed by atoms with E-state index in [1.165, 1.54) is 6.33 Å². The number of ether oxygens (including phenoxy) is 1. The van der Waals surface area contributed by atoms with E-state index in [1.54, 1.807) is 6.33 Å². The van der Waals surface area contributed by atoms with E-state index in [0.29, 0.717) is 36.4 Å². The van der Waals surface area contributed by atoms with Gasteiger partial charge in [-0.25, -0.2) is 19.7 Å². The summed E-state index contributed by atoms with van der Waals surface area (Å²) in [6.07, 6.45) is 3.38. The third-order valence-electron chi connectivity index (χ3n) is 3.21. The average Bonchev–Trinajstić information content (AvgIpc) is 2.98. The molecule has 0 aliphatic carbocycles. The number of anilines is 1. The number of nitrogens with two attached hydrogens (primary N) is 1. The molecule has 1 aliphatic heterocycles. The molecule has 0 aromatic carbocycles. The average molecular weight is 263 g/mol. The maximum atomic E-state index is 10.8. The van der Waals surface area contributed by atoms with Gasteiger partial charge in [-0.3, -0.25) is 0 Å². The van der Waals surface area contributed by atoms with Gasteiger partial charge >= 0.3 is 5.97 Å². The predicted octanol–water partition coefficient (Wildman–Crippen LogP) is 0.0407. The minimum Gasteiger partial charge on any atom is -0.479 e. The van der Waals surface area contributed by atoms with E-state index in [4.69, 9.17) is 15.6 Å². The first-order chi connectivity index (χ1) is 9.15. The zero-order chi connectivity index (χ0) is 13.4. The number of nitrogen functional groups attached to an aromatic ring is 1. The van der Waals surface area contributed by atoms with Crippen molar-refractivity contribution in [1.29, 1.82) is 0 Å². The highest BCUT2D eigenvalue weighted by Crippen LogP contribution is 2.23. The zero-order valence-electron chi connectivity index (χ0n) is 10.1. The van der Waals surface area contributed by atoms with Crippen LogP contribution in [0.2, 0.25) is 0 Å². The quantitative estimate of drug-likeness (QED) is 0.803. The third-order valence-corrected chi connectivity index (χ3v) is 3.21. The van der Waals surface area contributed by atoms with E-state index >= 15 is 0 Å². The fourth-order valence-electron chi connectivity index (χ4n) is 2.27. The summed E-state index contributed by atoms with van der Waals surface area (Å²) in [6.45, 7) is 0.511. The van der Waals surface area contributed by atoms with Crippen molar-refractivity contribution in [3.63, 3.8) is 0 Å². The van der Waals surface area contributed by atoms with Gasteiger partial charge in [-0.2, -0.15) is 0 Å². The number of rotatable bonds is 3. The summed E-state index contributed by atoms with van der Waals surface area (Å²) >= 11 is 0. The van der Waals surface area contributed by atoms with Crippen LogP contribution in [0.1, 0.15) is 12.8 Å². The maximum Gasteiger partial charge on any atom is 0.332 e. The van der Waals surface area contributed by atoms with Crippen LogP contribution in [0.3, 0.4) is 0 Å². The van der Waals surface area contributed by atoms with Crippen molar-refractivity contribution in [3.05, 3.63) is 12.7 Å². The molecule has 3 rings (SSSR count). The number of aromatic nitrogens is 4. The lowest BCUT2D eigenvalue weighted by atomic mass is 10.2. The lowest BCUT2D eigenvalue weighted by molar-refractivity contribution is -0.149. The van der Waals surface area contributed by atoms with Gasteiger partial charge in [-0.15, -0.1) is 0 Å². The molecule has 0 unspecified atom stereocenters. The first kappa shape index (κ1) is 11.8. The van der Waals surface area contributed by atoms with Gasteiger partial charge in [-0.1, -0.05) is 0 Å². The van der Waals surface area contributed by atoms with E-state index < -0.39 is 12.1 Å². The largest absolute Gasteiger partial charge is 0.479 e. The first-order valence-corrected chi connectivity index (χ1v) is 5.94. The maximum absolute atomic E-state index is 10.8. The second-order valence-electron chi connectivity index (χ2n) is 4.49. The topological polar surface area (TPSA) is 116 Å². The van der Waals surface area contributed by atoms with Crippen molar-refractivity contribution < 1.29 is 14.6 Å². The number of hydrogen-bond acceptors (Lipinski definition) is 6. The van der Waals surface area contributed by atoms with Crippen LogP contribution in [0.4, 0.5) is 5.82 Å². The van der Waals surface area contributed by atoms with E-state index in [0.717, 1.165) is 0 Å². The number of carboxylic acid groups (broad SMARTS) is 1. The summed E-state index contributed by atoms with van der Waals surface area (Å²) in [5, 5.41) is 8.88. The Labute approximate surface area is 108 Å². The molecule has 3 N–H and O–H groups in total. The van der Waals surface area contributed by atoms with Crippen LogP contribution < -0.4 is 5.73 Å². The lowest BCUT2D eigenvalue weighted by Crippen LogP contribution is -2.22. The highest BCUT2D eigenvalue weighted by molar-refractivity contribution is 5.81. The molecule has 2 atom stereocenters. The number of aliphatic carboxylic acids is 1. The highest BCUT2D eigenvalue weighted by atomic mass is 16.5. The Bertz CT molecular complexity index is 626. The second kappa shape index (κ2) is 4.47. The number of fused-ring (bicyclic) bond motifs is 1. The van der Waals surface area contributed by atoms with Crippen LogP contribution in [-0.2, 0) is 16.1 Å². The van der Waals surface area contributed by atoms with Gasteiger partial charge in [-0.05, 0) is 12.8 Å². The summed E-state index contributed by atoms with van der Waals surface area (Å²) in [5.74, 6) is -0.580. The van der Waals surface area contributed by atoms with Gasteiger partial charge in [0.05, 0.1) is 19.0 Å². The van der Waals surface area contributed by atoms with Crippen LogP contribution in [0.5, 0.6) is 0 Å². The van der Waals surface area contributed by atoms with Gasteiger partial charge in [0.25, 0.3) is 0 Å². The smallest absolute Gasteiger partial charge is 0.332 e. The number of carboxylic acids is 1. The van der Waals surface area contributed by atoms with Crippen LogP contribution in [-0.4, -0.2) is 42.8 Å². The summed E-state index contributed by atoms with van der Waals surface area (Å²) in [5.41, 5.74) is 6.89. The molecule has 0 radical (unpaired) electrons. The molecule has 1 fully saturated rings. The summed E-state index contributed by atoms with van der Waals surface area (Å²) in [4.78, 5) is 23.0. The van der Waals surface area contributed by atoms with Crippen molar-refractivity contribution in [2.75, 3.05) is 5.73 Å². The van der Waals surface area contributed by atoms with E-state index in [2.05, 4.69) is 15.0 Å². The molecule has 1 aliphatic rings. The van der Waals surface area contributed by atoms with Gasteiger partial charge in [0.15, 0.2) is 17.6 Å². The predicted molar refractivity (Wildman–Crippen MR) is 65.3 cm³/mol. The Morgan fingerprint density at radius 1 is 1.47 bits per heavy atom. The molecular weight excluding hydrogens is 250 g/mol. The summed E-state index contributed by atoms with van der Waals surface area (Å²) in [7, 11) is 0. The minimum absolute atomic E-state index is 0.144. The van der Waals surface area contributed by atoms with Gasteiger partial charge in [0, 0.05) is 0 Å². The van der Waals surface area contributed by atoms with E-state index in [1.807, 2.05) is 4.57 Å². The molecule has 19 heavy (non-hydrogen) atoms. The van der Waals surface area contributed by atoms with Crippen LogP contribution in [0.15, 0.2) is 12.7 Å². The Morgan fingerprint density at radius 3 is 3.05 bits per heavy atom. The Balaban J connectivity index is 1.79. The molecule has 0 spiro atoms. The molecule has 100 valence electrons. The Hall–Kier alpha value is -2.22. The zero-order valence-corrected chi connectivity index (χ0v) is 10.1. The minimum atomic E-state index is -0.912. The van der Waals surface area contributed by atoms with Crippen LogP contribution >= 0.6 is 0 Å². The van der Waals surface area contributed by atoms with Crippen molar-refractivity contribution in [2.45, 2.75) is 31.6 Å². The lowest BCUT2D eigenvalue weighted by Gasteiger charge is -2.12.